The number of anilines is 1. The van der Waals surface area contributed by atoms with E-state index in [9.17, 15) is 9.50 Å². The molecular formula is C13H15FN2OS. The quantitative estimate of drug-likeness (QED) is 0.924. The molecule has 0 aliphatic heterocycles. The van der Waals surface area contributed by atoms with Gasteiger partial charge in [-0.3, -0.25) is 0 Å². The summed E-state index contributed by atoms with van der Waals surface area (Å²) in [6, 6.07) is 4.79. The number of halogens is 1. The van der Waals surface area contributed by atoms with Gasteiger partial charge >= 0.3 is 0 Å². The molecular weight excluding hydrogens is 251 g/mol. The molecule has 0 amide bonds. The lowest BCUT2D eigenvalue weighted by molar-refractivity contribution is 0.199. The summed E-state index contributed by atoms with van der Waals surface area (Å²) < 4.78 is 13.9. The molecule has 1 N–H and O–H groups in total. The second kappa shape index (κ2) is 5.46. The molecule has 0 saturated heterocycles. The van der Waals surface area contributed by atoms with E-state index < -0.39 is 6.10 Å². The van der Waals surface area contributed by atoms with Gasteiger partial charge in [-0.25, -0.2) is 9.37 Å². The minimum Gasteiger partial charge on any atom is -0.389 e. The van der Waals surface area contributed by atoms with Crippen LogP contribution in [0.1, 0.15) is 24.3 Å². The number of rotatable bonds is 4. The third-order valence-corrected chi connectivity index (χ3v) is 3.38. The SMILES string of the molecule is C[C@@H](O)c1ccc(N(C)Cc2cscn2)c(F)c1. The normalized spacial score (nSPS) is 12.4. The van der Waals surface area contributed by atoms with Crippen molar-refractivity contribution in [2.24, 2.45) is 0 Å². The van der Waals surface area contributed by atoms with E-state index in [0.717, 1.165) is 5.69 Å². The zero-order chi connectivity index (χ0) is 13.1. The average Bonchev–Trinajstić information content (AvgIpc) is 2.81. The maximum absolute atomic E-state index is 13.9. The van der Waals surface area contributed by atoms with Crippen LogP contribution >= 0.6 is 11.3 Å². The van der Waals surface area contributed by atoms with Crippen LogP contribution in [-0.4, -0.2) is 17.1 Å². The molecule has 1 atom stereocenters. The second-order valence-electron chi connectivity index (χ2n) is 4.22. The molecule has 0 radical (unpaired) electrons. The Hall–Kier alpha value is -1.46. The maximum atomic E-state index is 13.9. The molecule has 0 unspecified atom stereocenters. The van der Waals surface area contributed by atoms with E-state index in [1.165, 1.54) is 17.4 Å². The van der Waals surface area contributed by atoms with Crippen molar-refractivity contribution in [3.8, 4) is 0 Å². The number of aliphatic hydroxyl groups excluding tert-OH is 1. The molecule has 2 rings (SSSR count). The van der Waals surface area contributed by atoms with E-state index in [1.54, 1.807) is 29.5 Å². The van der Waals surface area contributed by atoms with Crippen molar-refractivity contribution in [1.29, 1.82) is 0 Å². The van der Waals surface area contributed by atoms with Gasteiger partial charge in [0, 0.05) is 12.4 Å². The Kier molecular flexibility index (Phi) is 3.93. The van der Waals surface area contributed by atoms with Crippen LogP contribution in [0.3, 0.4) is 0 Å². The molecule has 18 heavy (non-hydrogen) atoms. The van der Waals surface area contributed by atoms with Gasteiger partial charge in [-0.05, 0) is 24.6 Å². The summed E-state index contributed by atoms with van der Waals surface area (Å²) in [5.41, 5.74) is 3.77. The molecule has 0 spiro atoms. The summed E-state index contributed by atoms with van der Waals surface area (Å²) in [5, 5.41) is 11.3. The molecule has 96 valence electrons. The monoisotopic (exact) mass is 266 g/mol. The first-order valence-electron chi connectivity index (χ1n) is 5.63. The van der Waals surface area contributed by atoms with Gasteiger partial charge in [0.2, 0.25) is 0 Å². The first kappa shape index (κ1) is 13.0. The van der Waals surface area contributed by atoms with Gasteiger partial charge in [0.05, 0.1) is 29.5 Å². The van der Waals surface area contributed by atoms with E-state index in [0.29, 0.717) is 17.8 Å². The minimum absolute atomic E-state index is 0.328. The summed E-state index contributed by atoms with van der Waals surface area (Å²) in [4.78, 5) is 5.97. The van der Waals surface area contributed by atoms with Crippen LogP contribution in [0, 0.1) is 5.82 Å². The van der Waals surface area contributed by atoms with E-state index in [-0.39, 0.29) is 5.82 Å². The predicted molar refractivity (Wildman–Crippen MR) is 71.3 cm³/mol. The lowest BCUT2D eigenvalue weighted by Crippen LogP contribution is -2.18. The van der Waals surface area contributed by atoms with Gasteiger partial charge in [0.1, 0.15) is 5.82 Å². The molecule has 0 fully saturated rings. The minimum atomic E-state index is -0.655. The third-order valence-electron chi connectivity index (χ3n) is 2.75. The fourth-order valence-electron chi connectivity index (χ4n) is 1.74. The van der Waals surface area contributed by atoms with Crippen molar-refractivity contribution in [3.05, 3.63) is 46.2 Å². The Balaban J connectivity index is 2.17. The standard InChI is InChI=1S/C13H15FN2OS/c1-9(17)10-3-4-13(12(14)5-10)16(2)6-11-7-18-8-15-11/h3-5,7-9,17H,6H2,1-2H3/t9-/m1/s1. The zero-order valence-corrected chi connectivity index (χ0v) is 11.1. The van der Waals surface area contributed by atoms with Crippen LogP contribution in [0.5, 0.6) is 0 Å². The number of hydrogen-bond donors (Lipinski definition) is 1. The van der Waals surface area contributed by atoms with Crippen LogP contribution in [0.2, 0.25) is 0 Å². The van der Waals surface area contributed by atoms with Gasteiger partial charge in [-0.1, -0.05) is 6.07 Å². The molecule has 0 aliphatic rings. The predicted octanol–water partition coefficient (Wildman–Crippen LogP) is 2.97. The highest BCUT2D eigenvalue weighted by atomic mass is 32.1. The first-order valence-corrected chi connectivity index (χ1v) is 6.58. The Bertz CT molecular complexity index is 514. The van der Waals surface area contributed by atoms with Crippen molar-refractivity contribution in [2.45, 2.75) is 19.6 Å². The summed E-state index contributed by atoms with van der Waals surface area (Å²) in [7, 11) is 1.82. The van der Waals surface area contributed by atoms with Crippen LogP contribution in [-0.2, 0) is 6.54 Å². The number of aliphatic hydroxyl groups is 1. The number of hydrogen-bond acceptors (Lipinski definition) is 4. The van der Waals surface area contributed by atoms with Crippen LogP contribution in [0.15, 0.2) is 29.1 Å². The Labute approximate surface area is 110 Å². The largest absolute Gasteiger partial charge is 0.389 e. The van der Waals surface area contributed by atoms with Gasteiger partial charge in [-0.2, -0.15) is 0 Å². The first-order chi connectivity index (χ1) is 8.58. The molecule has 2 aromatic rings. The van der Waals surface area contributed by atoms with Gasteiger partial charge in [-0.15, -0.1) is 11.3 Å². The topological polar surface area (TPSA) is 36.4 Å². The highest BCUT2D eigenvalue weighted by Gasteiger charge is 2.11. The lowest BCUT2D eigenvalue weighted by Gasteiger charge is -2.19. The van der Waals surface area contributed by atoms with Crippen molar-refractivity contribution in [3.63, 3.8) is 0 Å². The number of benzene rings is 1. The second-order valence-corrected chi connectivity index (χ2v) is 4.94. The van der Waals surface area contributed by atoms with E-state index in [2.05, 4.69) is 4.98 Å². The Morgan fingerprint density at radius 3 is 2.83 bits per heavy atom. The third kappa shape index (κ3) is 2.86. The average molecular weight is 266 g/mol. The molecule has 0 aliphatic carbocycles. The summed E-state index contributed by atoms with van der Waals surface area (Å²) in [5.74, 6) is -0.328. The maximum Gasteiger partial charge on any atom is 0.146 e. The zero-order valence-electron chi connectivity index (χ0n) is 10.3. The summed E-state index contributed by atoms with van der Waals surface area (Å²) in [6.45, 7) is 2.18. The summed E-state index contributed by atoms with van der Waals surface area (Å²) in [6.07, 6.45) is -0.655. The van der Waals surface area contributed by atoms with Gasteiger partial charge < -0.3 is 10.0 Å². The van der Waals surface area contributed by atoms with E-state index in [4.69, 9.17) is 0 Å². The van der Waals surface area contributed by atoms with Crippen molar-refractivity contribution in [1.82, 2.24) is 4.98 Å². The van der Waals surface area contributed by atoms with Crippen LogP contribution < -0.4 is 4.90 Å². The number of thiazole rings is 1. The molecule has 0 bridgehead atoms. The van der Waals surface area contributed by atoms with Crippen LogP contribution in [0.25, 0.3) is 0 Å². The number of aromatic nitrogens is 1. The molecule has 5 heteroatoms. The van der Waals surface area contributed by atoms with E-state index in [1.807, 2.05) is 12.4 Å². The molecule has 0 saturated carbocycles. The molecule has 3 nitrogen and oxygen atoms in total. The van der Waals surface area contributed by atoms with Gasteiger partial charge in [0.25, 0.3) is 0 Å². The molecule has 1 aromatic carbocycles. The van der Waals surface area contributed by atoms with E-state index >= 15 is 0 Å². The molecule has 1 aromatic heterocycles. The summed E-state index contributed by atoms with van der Waals surface area (Å²) >= 11 is 1.52. The van der Waals surface area contributed by atoms with Crippen LogP contribution in [0.4, 0.5) is 10.1 Å². The Morgan fingerprint density at radius 2 is 2.28 bits per heavy atom. The highest BCUT2D eigenvalue weighted by molar-refractivity contribution is 7.07. The smallest absolute Gasteiger partial charge is 0.146 e. The number of nitrogens with zero attached hydrogens (tertiary/aromatic N) is 2. The lowest BCUT2D eigenvalue weighted by atomic mass is 10.1. The highest BCUT2D eigenvalue weighted by Crippen LogP contribution is 2.23. The van der Waals surface area contributed by atoms with Crippen molar-refractivity contribution in [2.75, 3.05) is 11.9 Å². The van der Waals surface area contributed by atoms with Crippen molar-refractivity contribution < 1.29 is 9.50 Å². The van der Waals surface area contributed by atoms with Gasteiger partial charge in [0.15, 0.2) is 0 Å². The Morgan fingerprint density at radius 1 is 1.50 bits per heavy atom. The fraction of sp³-hybridized carbons (Fsp3) is 0.308. The molecule has 1 heterocycles. The fourth-order valence-corrected chi connectivity index (χ4v) is 2.29. The van der Waals surface area contributed by atoms with Crippen molar-refractivity contribution >= 4 is 17.0 Å².